The van der Waals surface area contributed by atoms with Crippen molar-refractivity contribution in [3.05, 3.63) is 23.5 Å². The molecule has 0 fully saturated rings. The second-order valence-electron chi connectivity index (χ2n) is 2.58. The number of hydrogen-bond donors (Lipinski definition) is 0. The van der Waals surface area contributed by atoms with Gasteiger partial charge in [0, 0.05) is 17.8 Å². The highest BCUT2D eigenvalue weighted by Gasteiger charge is 2.11. The molecular weight excluding hydrogens is 176 g/mol. The average Bonchev–Trinajstić information content (AvgIpc) is 2.16. The molecule has 0 saturated heterocycles. The molecule has 13 heavy (non-hydrogen) atoms. The second-order valence-corrected chi connectivity index (χ2v) is 2.58. The van der Waals surface area contributed by atoms with E-state index in [1.165, 1.54) is 19.4 Å². The van der Waals surface area contributed by atoms with Gasteiger partial charge in [-0.3, -0.25) is 4.98 Å². The lowest BCUT2D eigenvalue weighted by Crippen LogP contribution is -1.96. The van der Waals surface area contributed by atoms with Crippen LogP contribution in [0.5, 0.6) is 5.75 Å². The molecule has 72 valence electrons. The summed E-state index contributed by atoms with van der Waals surface area (Å²) in [7, 11) is 1.46. The largest absolute Gasteiger partial charge is 0.496 e. The topological polar surface area (TPSA) is 22.1 Å². The maximum Gasteiger partial charge on any atom is 0.280 e. The summed E-state index contributed by atoms with van der Waals surface area (Å²) in [5.74, 6) is 0.479. The Labute approximate surface area is 75.6 Å². The summed E-state index contributed by atoms with van der Waals surface area (Å²) in [5, 5.41) is 0. The first kappa shape index (κ1) is 9.89. The highest BCUT2D eigenvalue weighted by molar-refractivity contribution is 5.33. The summed E-state index contributed by atoms with van der Waals surface area (Å²) in [5.41, 5.74) is 0.598. The van der Waals surface area contributed by atoms with Crippen molar-refractivity contribution in [2.75, 3.05) is 7.11 Å². The first-order valence-corrected chi connectivity index (χ1v) is 4.00. The monoisotopic (exact) mass is 187 g/mol. The number of methoxy groups -OCH3 is 1. The summed E-state index contributed by atoms with van der Waals surface area (Å²) >= 11 is 0. The summed E-state index contributed by atoms with van der Waals surface area (Å²) in [6.45, 7) is 1.92. The number of nitrogens with zero attached hydrogens (tertiary/aromatic N) is 1. The van der Waals surface area contributed by atoms with Crippen molar-refractivity contribution in [1.29, 1.82) is 0 Å². The van der Waals surface area contributed by atoms with Gasteiger partial charge in [-0.15, -0.1) is 0 Å². The van der Waals surface area contributed by atoms with Crippen LogP contribution in [-0.4, -0.2) is 12.1 Å². The number of alkyl halides is 2. The second kappa shape index (κ2) is 4.16. The van der Waals surface area contributed by atoms with Crippen LogP contribution in [0.3, 0.4) is 0 Å². The summed E-state index contributed by atoms with van der Waals surface area (Å²) in [6, 6.07) is 1.28. The lowest BCUT2D eigenvalue weighted by molar-refractivity contribution is 0.145. The maximum atomic E-state index is 12.2. The van der Waals surface area contributed by atoms with Crippen LogP contribution in [0.4, 0.5) is 8.78 Å². The molecule has 0 aliphatic rings. The van der Waals surface area contributed by atoms with Crippen molar-refractivity contribution in [3.63, 3.8) is 0 Å². The fourth-order valence-electron chi connectivity index (χ4n) is 1.06. The number of ether oxygens (including phenoxy) is 1. The normalized spacial score (nSPS) is 10.5. The predicted octanol–water partition coefficient (Wildman–Crippen LogP) is 2.59. The van der Waals surface area contributed by atoms with Crippen molar-refractivity contribution in [2.45, 2.75) is 19.8 Å². The van der Waals surface area contributed by atoms with Gasteiger partial charge in [0.25, 0.3) is 6.43 Å². The molecule has 0 amide bonds. The van der Waals surface area contributed by atoms with Crippen LogP contribution >= 0.6 is 0 Å². The van der Waals surface area contributed by atoms with Crippen molar-refractivity contribution >= 4 is 0 Å². The fraction of sp³-hybridized carbons (Fsp3) is 0.444. The minimum atomic E-state index is -2.54. The Kier molecular flexibility index (Phi) is 3.17. The van der Waals surface area contributed by atoms with E-state index in [2.05, 4.69) is 4.98 Å². The molecule has 4 heteroatoms. The van der Waals surface area contributed by atoms with Crippen LogP contribution in [0.1, 0.15) is 24.6 Å². The minimum Gasteiger partial charge on any atom is -0.496 e. The summed E-state index contributed by atoms with van der Waals surface area (Å²) in [4.78, 5) is 3.63. The Morgan fingerprint density at radius 3 is 2.69 bits per heavy atom. The van der Waals surface area contributed by atoms with Crippen molar-refractivity contribution in [3.8, 4) is 5.75 Å². The molecule has 0 aromatic carbocycles. The van der Waals surface area contributed by atoms with Crippen LogP contribution in [0, 0.1) is 0 Å². The van der Waals surface area contributed by atoms with E-state index in [-0.39, 0.29) is 5.69 Å². The lowest BCUT2D eigenvalue weighted by Gasteiger charge is -2.07. The molecule has 0 bridgehead atoms. The zero-order valence-corrected chi connectivity index (χ0v) is 7.55. The third-order valence-corrected chi connectivity index (χ3v) is 1.79. The van der Waals surface area contributed by atoms with Gasteiger partial charge in [0.2, 0.25) is 0 Å². The van der Waals surface area contributed by atoms with E-state index in [0.717, 1.165) is 12.0 Å². The van der Waals surface area contributed by atoms with Crippen LogP contribution in [0.25, 0.3) is 0 Å². The smallest absolute Gasteiger partial charge is 0.280 e. The molecule has 0 atom stereocenters. The number of aryl methyl sites for hydroxylation is 1. The first-order chi connectivity index (χ1) is 6.19. The van der Waals surface area contributed by atoms with Crippen LogP contribution < -0.4 is 4.74 Å². The van der Waals surface area contributed by atoms with E-state index >= 15 is 0 Å². The number of pyridine rings is 1. The molecule has 0 aliphatic carbocycles. The van der Waals surface area contributed by atoms with Crippen molar-refractivity contribution < 1.29 is 13.5 Å². The molecule has 0 N–H and O–H groups in total. The molecule has 0 saturated carbocycles. The quantitative estimate of drug-likeness (QED) is 0.725. The van der Waals surface area contributed by atoms with Gasteiger partial charge < -0.3 is 4.74 Å². The zero-order valence-electron chi connectivity index (χ0n) is 7.55. The van der Waals surface area contributed by atoms with Gasteiger partial charge >= 0.3 is 0 Å². The third kappa shape index (κ3) is 2.14. The van der Waals surface area contributed by atoms with Crippen molar-refractivity contribution in [2.24, 2.45) is 0 Å². The number of hydrogen-bond acceptors (Lipinski definition) is 2. The van der Waals surface area contributed by atoms with Gasteiger partial charge in [-0.05, 0) is 6.42 Å². The predicted molar refractivity (Wildman–Crippen MR) is 45.1 cm³/mol. The Morgan fingerprint density at radius 1 is 1.54 bits per heavy atom. The van der Waals surface area contributed by atoms with E-state index in [4.69, 9.17) is 4.74 Å². The van der Waals surface area contributed by atoms with E-state index in [9.17, 15) is 8.78 Å². The third-order valence-electron chi connectivity index (χ3n) is 1.79. The minimum absolute atomic E-state index is 0.242. The van der Waals surface area contributed by atoms with Crippen LogP contribution in [-0.2, 0) is 6.42 Å². The molecular formula is C9H11F2NO. The Hall–Kier alpha value is -1.19. The number of aromatic nitrogens is 1. The Bertz CT molecular complexity index is 289. The van der Waals surface area contributed by atoms with E-state index in [1.54, 1.807) is 0 Å². The SMILES string of the molecule is CCc1cnc(C(F)F)cc1OC. The van der Waals surface area contributed by atoms with Crippen LogP contribution in [0.15, 0.2) is 12.3 Å². The lowest BCUT2D eigenvalue weighted by atomic mass is 10.2. The van der Waals surface area contributed by atoms with Crippen LogP contribution in [0.2, 0.25) is 0 Å². The Balaban J connectivity index is 3.05. The summed E-state index contributed by atoms with van der Waals surface area (Å²) in [6.07, 6.45) is -0.389. The average molecular weight is 187 g/mol. The van der Waals surface area contributed by atoms with Gasteiger partial charge in [-0.1, -0.05) is 6.92 Å². The summed E-state index contributed by atoms with van der Waals surface area (Å²) < 4.78 is 29.4. The highest BCUT2D eigenvalue weighted by Crippen LogP contribution is 2.24. The molecule has 0 unspecified atom stereocenters. The molecule has 0 spiro atoms. The number of rotatable bonds is 3. The first-order valence-electron chi connectivity index (χ1n) is 4.00. The van der Waals surface area contributed by atoms with E-state index in [1.807, 2.05) is 6.92 Å². The number of halogens is 2. The van der Waals surface area contributed by atoms with Gasteiger partial charge in [-0.25, -0.2) is 8.78 Å². The molecule has 2 nitrogen and oxygen atoms in total. The van der Waals surface area contributed by atoms with Gasteiger partial charge in [0.05, 0.1) is 7.11 Å². The maximum absolute atomic E-state index is 12.2. The molecule has 1 rings (SSSR count). The molecule has 0 radical (unpaired) electrons. The molecule has 1 aromatic heterocycles. The Morgan fingerprint density at radius 2 is 2.23 bits per heavy atom. The van der Waals surface area contributed by atoms with Gasteiger partial charge in [-0.2, -0.15) is 0 Å². The molecule has 1 heterocycles. The standard InChI is InChI=1S/C9H11F2NO/c1-3-6-5-12-7(9(10)11)4-8(6)13-2/h4-5,9H,3H2,1-2H3. The van der Waals surface area contributed by atoms with Gasteiger partial charge in [0.1, 0.15) is 11.4 Å². The highest BCUT2D eigenvalue weighted by atomic mass is 19.3. The van der Waals surface area contributed by atoms with Gasteiger partial charge in [0.15, 0.2) is 0 Å². The van der Waals surface area contributed by atoms with E-state index in [0.29, 0.717) is 5.75 Å². The molecule has 1 aromatic rings. The van der Waals surface area contributed by atoms with E-state index < -0.39 is 6.43 Å². The van der Waals surface area contributed by atoms with Crippen molar-refractivity contribution in [1.82, 2.24) is 4.98 Å². The molecule has 0 aliphatic heterocycles. The zero-order chi connectivity index (χ0) is 9.84. The fourth-order valence-corrected chi connectivity index (χ4v) is 1.06.